The predicted octanol–water partition coefficient (Wildman–Crippen LogP) is 4.21. The summed E-state index contributed by atoms with van der Waals surface area (Å²) in [7, 11) is -2.11. The Balaban J connectivity index is 1.85. The molecule has 0 aromatic heterocycles. The first-order chi connectivity index (χ1) is 11.4. The van der Waals surface area contributed by atoms with Crippen molar-refractivity contribution in [2.45, 2.75) is 10.6 Å². The Hall–Kier alpha value is -0.920. The number of ether oxygens (including phenoxy) is 1. The summed E-state index contributed by atoms with van der Waals surface area (Å²) in [6, 6.07) is 12.0. The van der Waals surface area contributed by atoms with Gasteiger partial charge in [0, 0.05) is 23.1 Å². The molecule has 0 atom stereocenters. The van der Waals surface area contributed by atoms with Crippen LogP contribution in [-0.2, 0) is 15.8 Å². The number of halogens is 2. The maximum atomic E-state index is 12.2. The Bertz CT molecular complexity index is 798. The number of nitrogens with one attached hydrogen (secondary N) is 1. The van der Waals surface area contributed by atoms with Gasteiger partial charge in [-0.05, 0) is 29.8 Å². The molecule has 1 N–H and O–H groups in total. The Kier molecular flexibility index (Phi) is 7.25. The lowest BCUT2D eigenvalue weighted by atomic mass is 10.2. The SMILES string of the molecule is COc1ccc(S(=O)(=O)NCCSCc2ccccc2Cl)cc1Cl. The molecule has 0 spiro atoms. The van der Waals surface area contributed by atoms with Crippen molar-refractivity contribution in [3.63, 3.8) is 0 Å². The molecule has 8 heteroatoms. The second-order valence-corrected chi connectivity index (χ2v) is 8.52. The summed E-state index contributed by atoms with van der Waals surface area (Å²) in [5.74, 6) is 1.80. The summed E-state index contributed by atoms with van der Waals surface area (Å²) in [5, 5.41) is 0.979. The zero-order valence-corrected chi connectivity index (χ0v) is 16.1. The smallest absolute Gasteiger partial charge is 0.240 e. The first kappa shape index (κ1) is 19.4. The first-order valence-corrected chi connectivity index (χ1v) is 10.5. The monoisotopic (exact) mass is 405 g/mol. The van der Waals surface area contributed by atoms with Crippen LogP contribution >= 0.6 is 35.0 Å². The first-order valence-electron chi connectivity index (χ1n) is 7.08. The molecule has 0 fully saturated rings. The van der Waals surface area contributed by atoms with Crippen LogP contribution < -0.4 is 9.46 Å². The van der Waals surface area contributed by atoms with Crippen LogP contribution in [0, 0.1) is 0 Å². The number of rotatable bonds is 8. The van der Waals surface area contributed by atoms with E-state index in [0.29, 0.717) is 18.0 Å². The van der Waals surface area contributed by atoms with E-state index in [-0.39, 0.29) is 9.92 Å². The Morgan fingerprint density at radius 3 is 2.54 bits per heavy atom. The van der Waals surface area contributed by atoms with Gasteiger partial charge in [-0.15, -0.1) is 0 Å². The van der Waals surface area contributed by atoms with Gasteiger partial charge in [0.25, 0.3) is 0 Å². The van der Waals surface area contributed by atoms with E-state index in [2.05, 4.69) is 4.72 Å². The number of sulfonamides is 1. The van der Waals surface area contributed by atoms with Gasteiger partial charge < -0.3 is 4.74 Å². The van der Waals surface area contributed by atoms with Gasteiger partial charge in [0.2, 0.25) is 10.0 Å². The highest BCUT2D eigenvalue weighted by Crippen LogP contribution is 2.27. The number of methoxy groups -OCH3 is 1. The average Bonchev–Trinajstić information content (AvgIpc) is 2.56. The molecular formula is C16H17Cl2NO3S2. The van der Waals surface area contributed by atoms with E-state index in [4.69, 9.17) is 27.9 Å². The summed E-state index contributed by atoms with van der Waals surface area (Å²) in [4.78, 5) is 0.115. The van der Waals surface area contributed by atoms with E-state index < -0.39 is 10.0 Å². The van der Waals surface area contributed by atoms with Gasteiger partial charge in [0.1, 0.15) is 5.75 Å². The van der Waals surface area contributed by atoms with E-state index in [9.17, 15) is 8.42 Å². The standard InChI is InChI=1S/C16H17Cl2NO3S2/c1-22-16-7-6-13(10-15(16)18)24(20,21)19-8-9-23-11-12-4-2-3-5-14(12)17/h2-7,10,19H,8-9,11H2,1H3. The molecule has 0 heterocycles. The maximum Gasteiger partial charge on any atom is 0.240 e. The van der Waals surface area contributed by atoms with Gasteiger partial charge in [-0.3, -0.25) is 0 Å². The maximum absolute atomic E-state index is 12.2. The van der Waals surface area contributed by atoms with Crippen molar-refractivity contribution < 1.29 is 13.2 Å². The lowest BCUT2D eigenvalue weighted by Crippen LogP contribution is -2.26. The van der Waals surface area contributed by atoms with Crippen LogP contribution in [0.5, 0.6) is 5.75 Å². The van der Waals surface area contributed by atoms with Gasteiger partial charge >= 0.3 is 0 Å². The van der Waals surface area contributed by atoms with E-state index in [0.717, 1.165) is 16.3 Å². The normalized spacial score (nSPS) is 11.5. The highest BCUT2D eigenvalue weighted by molar-refractivity contribution is 7.98. The van der Waals surface area contributed by atoms with Gasteiger partial charge in [0.15, 0.2) is 0 Å². The zero-order valence-electron chi connectivity index (χ0n) is 13.0. The molecule has 0 aliphatic carbocycles. The van der Waals surface area contributed by atoms with Gasteiger partial charge in [-0.1, -0.05) is 41.4 Å². The molecule has 24 heavy (non-hydrogen) atoms. The molecule has 0 aliphatic rings. The molecule has 0 saturated carbocycles. The summed E-state index contributed by atoms with van der Waals surface area (Å²) >= 11 is 13.7. The van der Waals surface area contributed by atoms with Crippen LogP contribution in [0.1, 0.15) is 5.56 Å². The van der Waals surface area contributed by atoms with Crippen LogP contribution in [0.4, 0.5) is 0 Å². The van der Waals surface area contributed by atoms with Crippen molar-refractivity contribution in [3.8, 4) is 5.75 Å². The predicted molar refractivity (Wildman–Crippen MR) is 101 cm³/mol. The van der Waals surface area contributed by atoms with Gasteiger partial charge in [-0.2, -0.15) is 11.8 Å². The zero-order chi connectivity index (χ0) is 17.6. The topological polar surface area (TPSA) is 55.4 Å². The van der Waals surface area contributed by atoms with Crippen molar-refractivity contribution in [1.82, 2.24) is 4.72 Å². The van der Waals surface area contributed by atoms with Crippen LogP contribution in [0.25, 0.3) is 0 Å². The van der Waals surface area contributed by atoms with Crippen molar-refractivity contribution in [3.05, 3.63) is 58.1 Å². The van der Waals surface area contributed by atoms with Crippen molar-refractivity contribution >= 4 is 45.0 Å². The third kappa shape index (κ3) is 5.29. The molecule has 0 bridgehead atoms. The summed E-state index contributed by atoms with van der Waals surface area (Å²) in [6.45, 7) is 0.321. The second-order valence-electron chi connectivity index (χ2n) is 4.84. The van der Waals surface area contributed by atoms with Gasteiger partial charge in [-0.25, -0.2) is 13.1 Å². The summed E-state index contributed by atoms with van der Waals surface area (Å²) in [6.07, 6.45) is 0. The van der Waals surface area contributed by atoms with E-state index >= 15 is 0 Å². The molecule has 130 valence electrons. The number of thioether (sulfide) groups is 1. The van der Waals surface area contributed by atoms with Crippen molar-refractivity contribution in [2.75, 3.05) is 19.4 Å². The van der Waals surface area contributed by atoms with Crippen molar-refractivity contribution in [1.29, 1.82) is 0 Å². The molecule has 0 saturated heterocycles. The quantitative estimate of drug-likeness (QED) is 0.668. The Morgan fingerprint density at radius 1 is 1.12 bits per heavy atom. The molecule has 0 unspecified atom stereocenters. The Morgan fingerprint density at radius 2 is 1.88 bits per heavy atom. The molecule has 2 aromatic carbocycles. The number of hydrogen-bond acceptors (Lipinski definition) is 4. The highest BCUT2D eigenvalue weighted by Gasteiger charge is 2.15. The largest absolute Gasteiger partial charge is 0.495 e. The third-order valence-electron chi connectivity index (χ3n) is 3.19. The average molecular weight is 406 g/mol. The molecule has 2 rings (SSSR count). The minimum absolute atomic E-state index is 0.115. The van der Waals surface area contributed by atoms with Crippen LogP contribution in [0.15, 0.2) is 47.4 Å². The molecule has 0 radical (unpaired) electrons. The lowest BCUT2D eigenvalue weighted by molar-refractivity contribution is 0.414. The minimum atomic E-state index is -3.59. The lowest BCUT2D eigenvalue weighted by Gasteiger charge is -2.09. The number of benzene rings is 2. The third-order valence-corrected chi connectivity index (χ3v) is 6.32. The van der Waals surface area contributed by atoms with Gasteiger partial charge in [0.05, 0.1) is 17.0 Å². The second kappa shape index (κ2) is 8.97. The van der Waals surface area contributed by atoms with Crippen LogP contribution in [0.3, 0.4) is 0 Å². The summed E-state index contributed by atoms with van der Waals surface area (Å²) < 4.78 is 32.0. The molecule has 4 nitrogen and oxygen atoms in total. The fourth-order valence-electron chi connectivity index (χ4n) is 1.94. The number of hydrogen-bond donors (Lipinski definition) is 1. The molecule has 2 aromatic rings. The van der Waals surface area contributed by atoms with Crippen molar-refractivity contribution in [2.24, 2.45) is 0 Å². The minimum Gasteiger partial charge on any atom is -0.495 e. The molecule has 0 amide bonds. The summed E-state index contributed by atoms with van der Waals surface area (Å²) in [5.41, 5.74) is 1.04. The molecule has 0 aliphatic heterocycles. The molecular weight excluding hydrogens is 389 g/mol. The van der Waals surface area contributed by atoms with E-state index in [1.807, 2.05) is 24.3 Å². The Labute approximate surface area is 156 Å². The van der Waals surface area contributed by atoms with Crippen LogP contribution in [-0.4, -0.2) is 27.8 Å². The van der Waals surface area contributed by atoms with E-state index in [1.54, 1.807) is 11.8 Å². The highest BCUT2D eigenvalue weighted by atomic mass is 35.5. The fourth-order valence-corrected chi connectivity index (χ4v) is 4.60. The van der Waals surface area contributed by atoms with Crippen LogP contribution in [0.2, 0.25) is 10.0 Å². The van der Waals surface area contributed by atoms with E-state index in [1.165, 1.54) is 25.3 Å². The fraction of sp³-hybridized carbons (Fsp3) is 0.250.